The van der Waals surface area contributed by atoms with E-state index in [2.05, 4.69) is 0 Å². The summed E-state index contributed by atoms with van der Waals surface area (Å²) in [6, 6.07) is 7.26. The topological polar surface area (TPSA) is 66.0 Å². The van der Waals surface area contributed by atoms with E-state index in [9.17, 15) is 9.90 Å². The van der Waals surface area contributed by atoms with E-state index in [1.165, 1.54) is 0 Å². The number of nitrogens with two attached hydrogens (primary N) is 1. The Bertz CT molecular complexity index is 379. The molecule has 0 amide bonds. The van der Waals surface area contributed by atoms with Crippen molar-refractivity contribution >= 4 is 17.7 Å². The Balaban J connectivity index is 2.05. The fraction of sp³-hybridized carbons (Fsp3) is 0.364. The molecule has 2 atom stereocenters. The van der Waals surface area contributed by atoms with Gasteiger partial charge in [-0.25, -0.2) is 0 Å². The average Bonchev–Trinajstić information content (AvgIpc) is 2.78. The first kappa shape index (κ1) is 11.3. The van der Waals surface area contributed by atoms with Crippen molar-refractivity contribution in [2.75, 3.05) is 12.9 Å². The predicted molar refractivity (Wildman–Crippen MR) is 58.9 cm³/mol. The van der Waals surface area contributed by atoms with Gasteiger partial charge in [-0.15, -0.1) is 0 Å². The third-order valence-corrected chi connectivity index (χ3v) is 3.95. The smallest absolute Gasteiger partial charge is 0.159 e. The van der Waals surface area contributed by atoms with Crippen molar-refractivity contribution in [3.8, 4) is 5.75 Å². The summed E-state index contributed by atoms with van der Waals surface area (Å²) < 4.78 is 5.07. The van der Waals surface area contributed by atoms with Crippen LogP contribution >= 0.6 is 11.8 Å². The van der Waals surface area contributed by atoms with Crippen molar-refractivity contribution in [3.63, 3.8) is 0 Å². The number of hydrogen-bond donors (Lipinski definition) is 1. The molecule has 1 aliphatic rings. The highest BCUT2D eigenvalue weighted by Crippen LogP contribution is 2.27. The van der Waals surface area contributed by atoms with Crippen LogP contribution in [-0.4, -0.2) is 24.9 Å². The zero-order valence-electron chi connectivity index (χ0n) is 8.88. The molecule has 2 rings (SSSR count). The molecule has 4 nitrogen and oxygen atoms in total. The van der Waals surface area contributed by atoms with Gasteiger partial charge < -0.3 is 20.0 Å². The summed E-state index contributed by atoms with van der Waals surface area (Å²) in [6.07, 6.45) is 0. The largest absolute Gasteiger partial charge is 0.544 e. The molecule has 0 spiro atoms. The second kappa shape index (κ2) is 4.76. The van der Waals surface area contributed by atoms with E-state index < -0.39 is 12.0 Å². The Morgan fingerprint density at radius 2 is 2.19 bits per heavy atom. The van der Waals surface area contributed by atoms with E-state index in [0.717, 1.165) is 11.3 Å². The van der Waals surface area contributed by atoms with Crippen molar-refractivity contribution in [2.24, 2.45) is 0 Å². The van der Waals surface area contributed by atoms with Gasteiger partial charge in [-0.2, -0.15) is 0 Å². The van der Waals surface area contributed by atoms with Crippen LogP contribution in [0.4, 0.5) is 0 Å². The maximum absolute atomic E-state index is 10.7. The van der Waals surface area contributed by atoms with Gasteiger partial charge in [0.25, 0.3) is 0 Å². The number of carbonyl (C=O) groups is 1. The highest BCUT2D eigenvalue weighted by Gasteiger charge is 2.30. The third kappa shape index (κ3) is 2.31. The quantitative estimate of drug-likeness (QED) is 0.744. The van der Waals surface area contributed by atoms with Crippen LogP contribution in [-0.2, 0) is 4.79 Å². The SMILES string of the molecule is COc1ccc([C@H]2[NH2+][C@H](C(=O)[O-])CS2)cc1. The number of carboxylic acids is 1. The van der Waals surface area contributed by atoms with E-state index in [1.54, 1.807) is 18.9 Å². The van der Waals surface area contributed by atoms with Gasteiger partial charge in [-0.3, -0.25) is 0 Å². The minimum Gasteiger partial charge on any atom is -0.544 e. The molecule has 1 aromatic rings. The first-order valence-electron chi connectivity index (χ1n) is 5.02. The van der Waals surface area contributed by atoms with E-state index >= 15 is 0 Å². The van der Waals surface area contributed by atoms with Crippen LogP contribution < -0.4 is 15.2 Å². The number of carboxylic acid groups (broad SMARTS) is 1. The van der Waals surface area contributed by atoms with Crippen LogP contribution in [0.25, 0.3) is 0 Å². The Morgan fingerprint density at radius 1 is 1.50 bits per heavy atom. The number of rotatable bonds is 3. The zero-order valence-corrected chi connectivity index (χ0v) is 9.70. The summed E-state index contributed by atoms with van der Waals surface area (Å²) in [7, 11) is 1.62. The van der Waals surface area contributed by atoms with Gasteiger partial charge in [0.2, 0.25) is 0 Å². The summed E-state index contributed by atoms with van der Waals surface area (Å²) in [4.78, 5) is 10.7. The molecule has 0 radical (unpaired) electrons. The predicted octanol–water partition coefficient (Wildman–Crippen LogP) is -0.877. The lowest BCUT2D eigenvalue weighted by Gasteiger charge is -2.11. The van der Waals surface area contributed by atoms with Crippen LogP contribution in [0.2, 0.25) is 0 Å². The Kier molecular flexibility index (Phi) is 3.36. The number of hydrogen-bond acceptors (Lipinski definition) is 4. The van der Waals surface area contributed by atoms with Crippen molar-refractivity contribution in [3.05, 3.63) is 29.8 Å². The molecule has 0 aliphatic carbocycles. The van der Waals surface area contributed by atoms with Crippen molar-refractivity contribution in [1.82, 2.24) is 0 Å². The number of aliphatic carboxylic acids is 1. The summed E-state index contributed by atoms with van der Waals surface area (Å²) in [6.45, 7) is 0. The number of ether oxygens (including phenoxy) is 1. The summed E-state index contributed by atoms with van der Waals surface area (Å²) >= 11 is 1.63. The molecular weight excluding hydrogens is 226 g/mol. The molecule has 0 bridgehead atoms. The van der Waals surface area contributed by atoms with Crippen LogP contribution in [0.3, 0.4) is 0 Å². The summed E-state index contributed by atoms with van der Waals surface area (Å²) in [5, 5.41) is 12.7. The highest BCUT2D eigenvalue weighted by molar-refractivity contribution is 7.99. The summed E-state index contributed by atoms with van der Waals surface area (Å²) in [5.41, 5.74) is 1.11. The molecule has 2 N–H and O–H groups in total. The lowest BCUT2D eigenvalue weighted by Crippen LogP contribution is -2.90. The molecular formula is C11H13NO3S. The lowest BCUT2D eigenvalue weighted by atomic mass is 10.2. The molecule has 1 aromatic carbocycles. The van der Waals surface area contributed by atoms with Crippen molar-refractivity contribution in [2.45, 2.75) is 11.4 Å². The molecule has 0 saturated carbocycles. The summed E-state index contributed by atoms with van der Waals surface area (Å²) in [5.74, 6) is 0.422. The van der Waals surface area contributed by atoms with E-state index in [0.29, 0.717) is 5.75 Å². The van der Waals surface area contributed by atoms with Crippen LogP contribution in [0, 0.1) is 0 Å². The zero-order chi connectivity index (χ0) is 11.5. The molecule has 1 saturated heterocycles. The Labute approximate surface area is 98.0 Å². The van der Waals surface area contributed by atoms with Crippen LogP contribution in [0.15, 0.2) is 24.3 Å². The maximum Gasteiger partial charge on any atom is 0.159 e. The monoisotopic (exact) mass is 239 g/mol. The highest BCUT2D eigenvalue weighted by atomic mass is 32.2. The van der Waals surface area contributed by atoms with E-state index in [-0.39, 0.29) is 5.37 Å². The average molecular weight is 239 g/mol. The second-order valence-electron chi connectivity index (χ2n) is 3.65. The molecule has 0 aromatic heterocycles. The molecule has 5 heteroatoms. The fourth-order valence-electron chi connectivity index (χ4n) is 1.68. The van der Waals surface area contributed by atoms with Gasteiger partial charge in [0.1, 0.15) is 17.8 Å². The molecule has 1 heterocycles. The number of benzene rings is 1. The third-order valence-electron chi connectivity index (χ3n) is 2.61. The molecule has 16 heavy (non-hydrogen) atoms. The molecule has 1 aliphatic heterocycles. The van der Waals surface area contributed by atoms with Crippen molar-refractivity contribution in [1.29, 1.82) is 0 Å². The van der Waals surface area contributed by atoms with Crippen LogP contribution in [0.5, 0.6) is 5.75 Å². The van der Waals surface area contributed by atoms with Gasteiger partial charge in [0, 0.05) is 5.56 Å². The standard InChI is InChI=1S/C11H13NO3S/c1-15-8-4-2-7(3-5-8)10-12-9(6-16-10)11(13)14/h2-5,9-10,12H,6H2,1H3,(H,13,14)/t9-,10-/m0/s1. The minimum atomic E-state index is -0.983. The second-order valence-corrected chi connectivity index (χ2v) is 4.82. The Morgan fingerprint density at radius 3 is 2.69 bits per heavy atom. The van der Waals surface area contributed by atoms with Gasteiger partial charge >= 0.3 is 0 Å². The molecule has 0 unspecified atom stereocenters. The first-order valence-corrected chi connectivity index (χ1v) is 6.07. The lowest BCUT2D eigenvalue weighted by molar-refractivity contribution is -0.690. The fourth-order valence-corrected chi connectivity index (χ4v) is 2.99. The first-order chi connectivity index (χ1) is 7.70. The normalized spacial score (nSPS) is 24.3. The maximum atomic E-state index is 10.7. The van der Waals surface area contributed by atoms with Crippen molar-refractivity contribution < 1.29 is 20.0 Å². The number of carbonyl (C=O) groups excluding carboxylic acids is 1. The van der Waals surface area contributed by atoms with Crippen LogP contribution in [0.1, 0.15) is 10.9 Å². The van der Waals surface area contributed by atoms with Gasteiger partial charge in [-0.05, 0) is 24.3 Å². The van der Waals surface area contributed by atoms with E-state index in [4.69, 9.17) is 4.74 Å². The molecule has 1 fully saturated rings. The van der Waals surface area contributed by atoms with E-state index in [1.807, 2.05) is 29.6 Å². The molecule has 86 valence electrons. The Hall–Kier alpha value is -1.20. The number of quaternary nitrogens is 1. The number of thioether (sulfide) groups is 1. The van der Waals surface area contributed by atoms with Gasteiger partial charge in [-0.1, -0.05) is 11.8 Å². The number of methoxy groups -OCH3 is 1. The van der Waals surface area contributed by atoms with Gasteiger partial charge in [0.15, 0.2) is 5.37 Å². The minimum absolute atomic E-state index is 0.147. The van der Waals surface area contributed by atoms with Gasteiger partial charge in [0.05, 0.1) is 12.9 Å².